The fourth-order valence-electron chi connectivity index (χ4n) is 3.25. The maximum Gasteiger partial charge on any atom is 0.331 e. The van der Waals surface area contributed by atoms with Gasteiger partial charge in [0.2, 0.25) is 0 Å². The molecule has 0 bridgehead atoms. The summed E-state index contributed by atoms with van der Waals surface area (Å²) in [6.45, 7) is 0. The molecule has 1 aliphatic carbocycles. The highest BCUT2D eigenvalue weighted by molar-refractivity contribution is 5.90. The van der Waals surface area contributed by atoms with Gasteiger partial charge in [0.15, 0.2) is 12.0 Å². The van der Waals surface area contributed by atoms with E-state index >= 15 is 0 Å². The summed E-state index contributed by atoms with van der Waals surface area (Å²) in [7, 11) is 0. The van der Waals surface area contributed by atoms with E-state index in [0.717, 1.165) is 31.1 Å². The van der Waals surface area contributed by atoms with E-state index in [2.05, 4.69) is 10.3 Å². The van der Waals surface area contributed by atoms with Crippen LogP contribution < -0.4 is 21.5 Å². The van der Waals surface area contributed by atoms with Gasteiger partial charge in [-0.25, -0.2) is 9.78 Å². The molecule has 1 aromatic carbocycles. The number of nitrogens with two attached hydrogens (primary N) is 2. The predicted octanol–water partition coefficient (Wildman–Crippen LogP) is 1.49. The second-order valence-electron chi connectivity index (χ2n) is 6.66. The van der Waals surface area contributed by atoms with Crippen LogP contribution in [0.4, 0.5) is 0 Å². The lowest BCUT2D eigenvalue weighted by molar-refractivity contribution is -0.136. The van der Waals surface area contributed by atoms with Gasteiger partial charge in [-0.05, 0) is 25.0 Å². The Morgan fingerprint density at radius 2 is 1.96 bits per heavy atom. The number of aromatic nitrogens is 1. The SMILES string of the molecule is NC(NC1CCCCC1)C(N)C(=O)Oc1cccc2ccc(C=O)nc12. The molecule has 1 saturated carbocycles. The fourth-order valence-corrected chi connectivity index (χ4v) is 3.25. The van der Waals surface area contributed by atoms with Crippen LogP contribution in [0.5, 0.6) is 5.75 Å². The van der Waals surface area contributed by atoms with Gasteiger partial charge >= 0.3 is 5.97 Å². The van der Waals surface area contributed by atoms with Gasteiger partial charge in [-0.1, -0.05) is 37.5 Å². The van der Waals surface area contributed by atoms with Crippen molar-refractivity contribution in [1.29, 1.82) is 0 Å². The lowest BCUT2D eigenvalue weighted by Gasteiger charge is -2.28. The second kappa shape index (κ2) is 8.35. The van der Waals surface area contributed by atoms with Crippen LogP contribution in [0.15, 0.2) is 30.3 Å². The Morgan fingerprint density at radius 1 is 1.19 bits per heavy atom. The van der Waals surface area contributed by atoms with Gasteiger partial charge in [-0.2, -0.15) is 0 Å². The molecule has 1 heterocycles. The molecular formula is C19H24N4O3. The Bertz CT molecular complexity index is 789. The molecule has 2 aromatic rings. The Hall–Kier alpha value is -2.35. The minimum atomic E-state index is -0.999. The third kappa shape index (κ3) is 4.24. The average molecular weight is 356 g/mol. The number of nitrogens with zero attached hydrogens (tertiary/aromatic N) is 1. The summed E-state index contributed by atoms with van der Waals surface area (Å²) in [6, 6.07) is 7.84. The molecule has 26 heavy (non-hydrogen) atoms. The van der Waals surface area contributed by atoms with Crippen molar-refractivity contribution < 1.29 is 14.3 Å². The molecule has 5 N–H and O–H groups in total. The van der Waals surface area contributed by atoms with Crippen molar-refractivity contribution in [2.45, 2.75) is 50.4 Å². The summed E-state index contributed by atoms with van der Waals surface area (Å²) in [4.78, 5) is 27.6. The molecule has 3 rings (SSSR count). The van der Waals surface area contributed by atoms with E-state index in [4.69, 9.17) is 16.2 Å². The highest BCUT2D eigenvalue weighted by Crippen LogP contribution is 2.24. The number of carbonyl (C=O) groups is 2. The van der Waals surface area contributed by atoms with Crippen LogP contribution in [0.25, 0.3) is 10.9 Å². The number of nitrogens with one attached hydrogen (secondary N) is 1. The topological polar surface area (TPSA) is 120 Å². The van der Waals surface area contributed by atoms with E-state index in [-0.39, 0.29) is 17.5 Å². The van der Waals surface area contributed by atoms with Crippen molar-refractivity contribution in [2.75, 3.05) is 0 Å². The van der Waals surface area contributed by atoms with Gasteiger partial charge in [-0.15, -0.1) is 0 Å². The number of ether oxygens (including phenoxy) is 1. The highest BCUT2D eigenvalue weighted by atomic mass is 16.5. The molecule has 7 nitrogen and oxygen atoms in total. The third-order valence-corrected chi connectivity index (χ3v) is 4.73. The van der Waals surface area contributed by atoms with Crippen molar-refractivity contribution in [2.24, 2.45) is 11.5 Å². The standard InChI is InChI=1S/C19H24N4O3/c20-16(18(21)23-13-6-2-1-3-7-13)19(25)26-15-8-4-5-12-9-10-14(11-24)22-17(12)15/h4-5,8-11,13,16,18,23H,1-3,6-7,20-21H2. The zero-order chi connectivity index (χ0) is 18.5. The van der Waals surface area contributed by atoms with E-state index in [1.165, 1.54) is 6.42 Å². The molecule has 7 heteroatoms. The molecule has 0 spiro atoms. The lowest BCUT2D eigenvalue weighted by atomic mass is 9.95. The molecule has 1 fully saturated rings. The molecule has 0 saturated heterocycles. The molecule has 2 unspecified atom stereocenters. The number of para-hydroxylation sites is 1. The number of rotatable bonds is 6. The molecule has 0 radical (unpaired) electrons. The summed E-state index contributed by atoms with van der Waals surface area (Å²) in [6.07, 6.45) is 5.59. The second-order valence-corrected chi connectivity index (χ2v) is 6.66. The number of hydrogen-bond donors (Lipinski definition) is 3. The van der Waals surface area contributed by atoms with Gasteiger partial charge in [0, 0.05) is 11.4 Å². The molecule has 1 aromatic heterocycles. The molecular weight excluding hydrogens is 332 g/mol. The molecule has 138 valence electrons. The van der Waals surface area contributed by atoms with Crippen LogP contribution in [0.3, 0.4) is 0 Å². The van der Waals surface area contributed by atoms with Gasteiger partial charge in [0.05, 0.1) is 6.17 Å². The van der Waals surface area contributed by atoms with Crippen LogP contribution in [0.2, 0.25) is 0 Å². The van der Waals surface area contributed by atoms with Crippen molar-refractivity contribution >= 4 is 23.2 Å². The minimum absolute atomic E-state index is 0.261. The largest absolute Gasteiger partial charge is 0.423 e. The predicted molar refractivity (Wildman–Crippen MR) is 98.7 cm³/mol. The summed E-state index contributed by atoms with van der Waals surface area (Å²) in [5.41, 5.74) is 12.8. The number of hydrogen-bond acceptors (Lipinski definition) is 7. The van der Waals surface area contributed by atoms with Crippen LogP contribution in [-0.4, -0.2) is 35.5 Å². The van der Waals surface area contributed by atoms with Crippen molar-refractivity contribution in [3.63, 3.8) is 0 Å². The molecule has 1 aliphatic rings. The van der Waals surface area contributed by atoms with Gasteiger partial charge in [-0.3, -0.25) is 10.1 Å². The van der Waals surface area contributed by atoms with E-state index in [0.29, 0.717) is 11.8 Å². The highest BCUT2D eigenvalue weighted by Gasteiger charge is 2.26. The zero-order valence-corrected chi connectivity index (χ0v) is 14.6. The number of pyridine rings is 1. The monoisotopic (exact) mass is 356 g/mol. The quantitative estimate of drug-likeness (QED) is 0.310. The Morgan fingerprint density at radius 3 is 2.69 bits per heavy atom. The van der Waals surface area contributed by atoms with Crippen LogP contribution in [0.1, 0.15) is 42.6 Å². The van der Waals surface area contributed by atoms with E-state index in [1.54, 1.807) is 24.3 Å². The first-order valence-corrected chi connectivity index (χ1v) is 8.92. The number of carbonyl (C=O) groups excluding carboxylic acids is 2. The Kier molecular flexibility index (Phi) is 5.92. The third-order valence-electron chi connectivity index (χ3n) is 4.73. The summed E-state index contributed by atoms with van der Waals surface area (Å²) >= 11 is 0. The van der Waals surface area contributed by atoms with Crippen molar-refractivity contribution in [3.8, 4) is 5.75 Å². The maximum atomic E-state index is 12.4. The average Bonchev–Trinajstić information content (AvgIpc) is 2.68. The molecule has 0 aliphatic heterocycles. The maximum absolute atomic E-state index is 12.4. The van der Waals surface area contributed by atoms with Crippen LogP contribution in [0, 0.1) is 0 Å². The van der Waals surface area contributed by atoms with Crippen molar-refractivity contribution in [3.05, 3.63) is 36.0 Å². The lowest BCUT2D eigenvalue weighted by Crippen LogP contribution is -2.59. The summed E-state index contributed by atoms with van der Waals surface area (Å²) < 4.78 is 5.44. The van der Waals surface area contributed by atoms with Gasteiger partial charge < -0.3 is 16.2 Å². The molecule has 2 atom stereocenters. The first kappa shape index (κ1) is 18.4. The summed E-state index contributed by atoms with van der Waals surface area (Å²) in [5.74, 6) is -0.372. The van der Waals surface area contributed by atoms with Crippen LogP contribution in [-0.2, 0) is 4.79 Å². The number of fused-ring (bicyclic) bond motifs is 1. The molecule has 0 amide bonds. The normalized spacial score (nSPS) is 17.6. The van der Waals surface area contributed by atoms with Crippen LogP contribution >= 0.6 is 0 Å². The number of esters is 1. The first-order chi connectivity index (χ1) is 12.6. The van der Waals surface area contributed by atoms with E-state index < -0.39 is 18.2 Å². The van der Waals surface area contributed by atoms with E-state index in [9.17, 15) is 9.59 Å². The minimum Gasteiger partial charge on any atom is -0.423 e. The number of aldehydes is 1. The van der Waals surface area contributed by atoms with E-state index in [1.807, 2.05) is 6.07 Å². The summed E-state index contributed by atoms with van der Waals surface area (Å²) in [5, 5.41) is 3.99. The Balaban J connectivity index is 1.70. The fraction of sp³-hybridized carbons (Fsp3) is 0.421. The zero-order valence-electron chi connectivity index (χ0n) is 14.6. The smallest absolute Gasteiger partial charge is 0.331 e. The van der Waals surface area contributed by atoms with Crippen molar-refractivity contribution in [1.82, 2.24) is 10.3 Å². The number of benzene rings is 1. The van der Waals surface area contributed by atoms with Gasteiger partial charge in [0.25, 0.3) is 0 Å². The Labute approximate surface area is 152 Å². The first-order valence-electron chi connectivity index (χ1n) is 8.92. The van der Waals surface area contributed by atoms with Gasteiger partial charge in [0.1, 0.15) is 17.3 Å².